The number of anilines is 1. The molecule has 0 saturated heterocycles. The number of methoxy groups -OCH3 is 2. The summed E-state index contributed by atoms with van der Waals surface area (Å²) in [6.45, 7) is 4.28. The van der Waals surface area contributed by atoms with Gasteiger partial charge in [0.25, 0.3) is 10.0 Å². The van der Waals surface area contributed by atoms with Crippen LogP contribution in [0, 0.1) is 13.8 Å². The predicted octanol–water partition coefficient (Wildman–Crippen LogP) is 2.66. The molecule has 0 aromatic heterocycles. The van der Waals surface area contributed by atoms with Crippen LogP contribution < -0.4 is 14.4 Å². The summed E-state index contributed by atoms with van der Waals surface area (Å²) in [6.07, 6.45) is 0.640. The van der Waals surface area contributed by atoms with E-state index in [-0.39, 0.29) is 11.4 Å². The molecule has 0 aliphatic rings. The molecular formula is C21H28N2O5S. The molecule has 8 heteroatoms. The van der Waals surface area contributed by atoms with E-state index in [9.17, 15) is 13.2 Å². The number of hydrogen-bond donors (Lipinski definition) is 1. The lowest BCUT2D eigenvalue weighted by Gasteiger charge is -2.26. The number of ether oxygens (including phenoxy) is 2. The molecule has 2 aromatic carbocycles. The molecule has 0 fully saturated rings. The van der Waals surface area contributed by atoms with Gasteiger partial charge in [-0.1, -0.05) is 23.8 Å². The molecule has 0 saturated carbocycles. The third-order valence-electron chi connectivity index (χ3n) is 4.35. The second-order valence-electron chi connectivity index (χ2n) is 6.70. The molecule has 0 spiro atoms. The summed E-state index contributed by atoms with van der Waals surface area (Å²) in [6, 6.07) is 11.7. The minimum absolute atomic E-state index is 0.110. The van der Waals surface area contributed by atoms with Crippen molar-refractivity contribution in [1.82, 2.24) is 5.32 Å². The first-order chi connectivity index (χ1) is 13.8. The Morgan fingerprint density at radius 1 is 1.03 bits per heavy atom. The molecule has 7 nitrogen and oxygen atoms in total. The summed E-state index contributed by atoms with van der Waals surface area (Å²) < 4.78 is 38.2. The van der Waals surface area contributed by atoms with Gasteiger partial charge in [-0.15, -0.1) is 0 Å². The number of amides is 1. The van der Waals surface area contributed by atoms with Gasteiger partial charge >= 0.3 is 0 Å². The van der Waals surface area contributed by atoms with Crippen LogP contribution >= 0.6 is 0 Å². The van der Waals surface area contributed by atoms with Crippen molar-refractivity contribution >= 4 is 21.6 Å². The number of carbonyl (C=O) groups is 1. The number of nitrogens with zero attached hydrogens (tertiary/aromatic N) is 1. The van der Waals surface area contributed by atoms with Crippen molar-refractivity contribution in [3.05, 3.63) is 53.6 Å². The van der Waals surface area contributed by atoms with Crippen LogP contribution in [0.15, 0.2) is 47.4 Å². The average molecular weight is 421 g/mol. The maximum atomic E-state index is 13.4. The lowest BCUT2D eigenvalue weighted by molar-refractivity contribution is -0.119. The van der Waals surface area contributed by atoms with Crippen LogP contribution in [0.25, 0.3) is 0 Å². The molecule has 0 bridgehead atoms. The number of benzene rings is 2. The Bertz CT molecular complexity index is 927. The summed E-state index contributed by atoms with van der Waals surface area (Å²) in [7, 11) is -0.930. The van der Waals surface area contributed by atoms with Gasteiger partial charge in [0.15, 0.2) is 0 Å². The molecule has 0 unspecified atom stereocenters. The van der Waals surface area contributed by atoms with E-state index < -0.39 is 15.9 Å². The van der Waals surface area contributed by atoms with Crippen molar-refractivity contribution in [2.75, 3.05) is 38.2 Å². The fourth-order valence-electron chi connectivity index (χ4n) is 2.76. The first kappa shape index (κ1) is 22.7. The van der Waals surface area contributed by atoms with Gasteiger partial charge in [0.2, 0.25) is 5.91 Å². The molecule has 0 heterocycles. The fourth-order valence-corrected chi connectivity index (χ4v) is 4.19. The minimum atomic E-state index is -3.98. The van der Waals surface area contributed by atoms with E-state index in [1.54, 1.807) is 31.4 Å². The van der Waals surface area contributed by atoms with E-state index >= 15 is 0 Å². The number of sulfonamides is 1. The van der Waals surface area contributed by atoms with Crippen molar-refractivity contribution in [2.45, 2.75) is 25.2 Å². The van der Waals surface area contributed by atoms with Crippen LogP contribution in [-0.4, -0.2) is 48.2 Å². The summed E-state index contributed by atoms with van der Waals surface area (Å²) in [4.78, 5) is 12.6. The molecule has 1 N–H and O–H groups in total. The van der Waals surface area contributed by atoms with E-state index in [4.69, 9.17) is 9.47 Å². The maximum Gasteiger partial charge on any atom is 0.264 e. The van der Waals surface area contributed by atoms with E-state index in [1.165, 1.54) is 19.2 Å². The number of nitrogens with one attached hydrogen (secondary N) is 1. The largest absolute Gasteiger partial charge is 0.495 e. The van der Waals surface area contributed by atoms with Crippen molar-refractivity contribution in [3.63, 3.8) is 0 Å². The third kappa shape index (κ3) is 5.95. The number of aryl methyl sites for hydroxylation is 2. The Morgan fingerprint density at radius 2 is 1.69 bits per heavy atom. The SMILES string of the molecule is COCCCNC(=O)CN(c1cc(C)ccc1OC)S(=O)(=O)c1ccc(C)cc1. The van der Waals surface area contributed by atoms with Gasteiger partial charge in [-0.3, -0.25) is 9.10 Å². The second kappa shape index (κ2) is 10.3. The monoisotopic (exact) mass is 420 g/mol. The topological polar surface area (TPSA) is 84.9 Å². The Kier molecular flexibility index (Phi) is 8.04. The Balaban J connectivity index is 2.42. The van der Waals surface area contributed by atoms with Crippen LogP contribution in [0.5, 0.6) is 5.75 Å². The number of carbonyl (C=O) groups excluding carboxylic acids is 1. The second-order valence-corrected chi connectivity index (χ2v) is 8.56. The van der Waals surface area contributed by atoms with Gasteiger partial charge < -0.3 is 14.8 Å². The predicted molar refractivity (Wildman–Crippen MR) is 113 cm³/mol. The highest BCUT2D eigenvalue weighted by atomic mass is 32.2. The number of rotatable bonds is 10. The third-order valence-corrected chi connectivity index (χ3v) is 6.12. The van der Waals surface area contributed by atoms with Crippen molar-refractivity contribution in [2.24, 2.45) is 0 Å². The van der Waals surface area contributed by atoms with E-state index in [2.05, 4.69) is 5.32 Å². The maximum absolute atomic E-state index is 13.4. The molecular weight excluding hydrogens is 392 g/mol. The van der Waals surface area contributed by atoms with Crippen LogP contribution in [0.2, 0.25) is 0 Å². The molecule has 0 atom stereocenters. The van der Waals surface area contributed by atoms with Crippen LogP contribution in [0.3, 0.4) is 0 Å². The smallest absolute Gasteiger partial charge is 0.264 e. The van der Waals surface area contributed by atoms with Gasteiger partial charge in [0.1, 0.15) is 12.3 Å². The minimum Gasteiger partial charge on any atom is -0.495 e. The normalized spacial score (nSPS) is 11.2. The van der Waals surface area contributed by atoms with Gasteiger partial charge in [-0.2, -0.15) is 0 Å². The zero-order valence-electron chi connectivity index (χ0n) is 17.3. The lowest BCUT2D eigenvalue weighted by atomic mass is 10.2. The quantitative estimate of drug-likeness (QED) is 0.598. The highest BCUT2D eigenvalue weighted by Gasteiger charge is 2.29. The fraction of sp³-hybridized carbons (Fsp3) is 0.381. The van der Waals surface area contributed by atoms with Gasteiger partial charge in [-0.25, -0.2) is 8.42 Å². The van der Waals surface area contributed by atoms with Gasteiger partial charge in [0.05, 0.1) is 17.7 Å². The molecule has 1 amide bonds. The Morgan fingerprint density at radius 3 is 2.31 bits per heavy atom. The zero-order valence-corrected chi connectivity index (χ0v) is 18.1. The Hall–Kier alpha value is -2.58. The molecule has 2 aromatic rings. The van der Waals surface area contributed by atoms with E-state index in [0.29, 0.717) is 31.0 Å². The number of hydrogen-bond acceptors (Lipinski definition) is 5. The average Bonchev–Trinajstić information content (AvgIpc) is 2.69. The molecule has 0 aliphatic carbocycles. The van der Waals surface area contributed by atoms with Crippen LogP contribution in [-0.2, 0) is 19.6 Å². The molecule has 2 rings (SSSR count). The Labute approximate surface area is 172 Å². The summed E-state index contributed by atoms with van der Waals surface area (Å²) in [5, 5.41) is 2.74. The molecule has 29 heavy (non-hydrogen) atoms. The van der Waals surface area contributed by atoms with Gasteiger partial charge in [0, 0.05) is 20.3 Å². The first-order valence-corrected chi connectivity index (χ1v) is 10.7. The van der Waals surface area contributed by atoms with Crippen molar-refractivity contribution in [3.8, 4) is 5.75 Å². The van der Waals surface area contributed by atoms with E-state index in [1.807, 2.05) is 19.9 Å². The summed E-state index contributed by atoms with van der Waals surface area (Å²) in [5.41, 5.74) is 2.12. The highest BCUT2D eigenvalue weighted by molar-refractivity contribution is 7.92. The van der Waals surface area contributed by atoms with Crippen molar-refractivity contribution < 1.29 is 22.7 Å². The standard InChI is InChI=1S/C21H28N2O5S/c1-16-6-9-18(10-7-16)29(25,26)23(15-21(24)22-12-5-13-27-3)19-14-17(2)8-11-20(19)28-4/h6-11,14H,5,12-13,15H2,1-4H3,(H,22,24). The zero-order chi connectivity index (χ0) is 21.4. The van der Waals surface area contributed by atoms with Crippen LogP contribution in [0.1, 0.15) is 17.5 Å². The molecule has 0 radical (unpaired) electrons. The molecule has 0 aliphatic heterocycles. The highest BCUT2D eigenvalue weighted by Crippen LogP contribution is 2.33. The summed E-state index contributed by atoms with van der Waals surface area (Å²) >= 11 is 0. The van der Waals surface area contributed by atoms with Crippen molar-refractivity contribution in [1.29, 1.82) is 0 Å². The molecule has 158 valence electrons. The lowest BCUT2D eigenvalue weighted by Crippen LogP contribution is -2.41. The first-order valence-electron chi connectivity index (χ1n) is 9.29. The van der Waals surface area contributed by atoms with Crippen LogP contribution in [0.4, 0.5) is 5.69 Å². The van der Waals surface area contributed by atoms with Gasteiger partial charge in [-0.05, 0) is 50.1 Å². The summed E-state index contributed by atoms with van der Waals surface area (Å²) in [5.74, 6) is -0.0289. The van der Waals surface area contributed by atoms with E-state index in [0.717, 1.165) is 15.4 Å².